The Kier molecular flexibility index (Phi) is 6.59. The smallest absolute Gasteiger partial charge is 0.343 e. The van der Waals surface area contributed by atoms with Gasteiger partial charge in [-0.15, -0.1) is 0 Å². The number of carbonyl (C=O) groups excluding carboxylic acids is 3. The van der Waals surface area contributed by atoms with Gasteiger partial charge < -0.3 is 20.5 Å². The topological polar surface area (TPSA) is 144 Å². The molecule has 27 heavy (non-hydrogen) atoms. The summed E-state index contributed by atoms with van der Waals surface area (Å²) in [6.07, 6.45) is 1.28. The number of nitrogens with one attached hydrogen (secondary N) is 2. The van der Waals surface area contributed by atoms with Crippen LogP contribution in [0.3, 0.4) is 0 Å². The lowest BCUT2D eigenvalue weighted by Gasteiger charge is -2.07. The third-order valence-electron chi connectivity index (χ3n) is 3.47. The zero-order valence-electron chi connectivity index (χ0n) is 14.5. The van der Waals surface area contributed by atoms with E-state index in [1.165, 1.54) is 37.6 Å². The second-order valence-electron chi connectivity index (χ2n) is 5.34. The largest absolute Gasteiger partial charge is 0.482 e. The molecule has 0 spiro atoms. The lowest BCUT2D eigenvalue weighted by atomic mass is 10.1. The third-order valence-corrected chi connectivity index (χ3v) is 3.47. The van der Waals surface area contributed by atoms with Crippen molar-refractivity contribution in [2.24, 2.45) is 5.73 Å². The van der Waals surface area contributed by atoms with Crippen molar-refractivity contribution < 1.29 is 23.9 Å². The van der Waals surface area contributed by atoms with Gasteiger partial charge in [0, 0.05) is 11.8 Å². The van der Waals surface area contributed by atoms with Gasteiger partial charge in [0.1, 0.15) is 17.3 Å². The fraction of sp³-hybridized carbons (Fsp3) is 0.167. The van der Waals surface area contributed by atoms with Gasteiger partial charge in [0.05, 0.1) is 19.2 Å². The Morgan fingerprint density at radius 3 is 2.33 bits per heavy atom. The van der Waals surface area contributed by atoms with Crippen molar-refractivity contribution in [3.8, 4) is 5.75 Å². The Labute approximate surface area is 155 Å². The quantitative estimate of drug-likeness (QED) is 0.266. The molecule has 140 valence electrons. The first-order valence-corrected chi connectivity index (χ1v) is 7.82. The number of nitrogen functional groups attached to an aromatic ring is 1. The molecule has 1 amide bonds. The lowest BCUT2D eigenvalue weighted by Crippen LogP contribution is -2.29. The van der Waals surface area contributed by atoms with Crippen LogP contribution >= 0.6 is 0 Å². The van der Waals surface area contributed by atoms with Crippen LogP contribution in [0.25, 0.3) is 0 Å². The van der Waals surface area contributed by atoms with Gasteiger partial charge in [-0.25, -0.2) is 4.79 Å². The van der Waals surface area contributed by atoms with Crippen LogP contribution in [-0.2, 0) is 9.53 Å². The molecule has 0 bridgehead atoms. The molecule has 0 aliphatic carbocycles. The molecule has 0 aliphatic heterocycles. The van der Waals surface area contributed by atoms with E-state index in [0.29, 0.717) is 11.3 Å². The number of esters is 1. The number of amidine groups is 1. The maximum atomic E-state index is 12.2. The Bertz CT molecular complexity index is 847. The summed E-state index contributed by atoms with van der Waals surface area (Å²) in [7, 11) is 1.26. The molecule has 2 rings (SSSR count). The minimum absolute atomic E-state index is 0.198. The fourth-order valence-corrected chi connectivity index (χ4v) is 1.99. The van der Waals surface area contributed by atoms with Crippen molar-refractivity contribution in [1.82, 2.24) is 10.3 Å². The second kappa shape index (κ2) is 9.09. The number of ether oxygens (including phenoxy) is 2. The van der Waals surface area contributed by atoms with E-state index in [9.17, 15) is 14.4 Å². The first kappa shape index (κ1) is 19.6. The monoisotopic (exact) mass is 370 g/mol. The number of rotatable bonds is 8. The number of nitrogens with two attached hydrogens (primary N) is 1. The van der Waals surface area contributed by atoms with Crippen molar-refractivity contribution in [3.05, 3.63) is 59.4 Å². The molecule has 0 unspecified atom stereocenters. The predicted octanol–water partition coefficient (Wildman–Crippen LogP) is 0.530. The summed E-state index contributed by atoms with van der Waals surface area (Å²) in [4.78, 5) is 39.1. The summed E-state index contributed by atoms with van der Waals surface area (Å²) >= 11 is 0. The van der Waals surface area contributed by atoms with Gasteiger partial charge in [-0.2, -0.15) is 0 Å². The molecule has 9 nitrogen and oxygen atoms in total. The van der Waals surface area contributed by atoms with E-state index >= 15 is 0 Å². The summed E-state index contributed by atoms with van der Waals surface area (Å²) in [6.45, 7) is -0.425. The molecule has 0 aliphatic rings. The number of amides is 1. The lowest BCUT2D eigenvalue weighted by molar-refractivity contribution is -0.142. The number of Topliss-reactive ketones (excluding diaryl/α,β-unsaturated/α-hetero) is 1. The minimum Gasteiger partial charge on any atom is -0.482 e. The van der Waals surface area contributed by atoms with Gasteiger partial charge in [0.2, 0.25) is 0 Å². The molecule has 0 saturated heterocycles. The van der Waals surface area contributed by atoms with Gasteiger partial charge in [0.25, 0.3) is 5.91 Å². The van der Waals surface area contributed by atoms with E-state index in [1.54, 1.807) is 12.1 Å². The third kappa shape index (κ3) is 5.63. The highest BCUT2D eigenvalue weighted by atomic mass is 16.6. The van der Waals surface area contributed by atoms with Crippen LogP contribution < -0.4 is 15.8 Å². The zero-order chi connectivity index (χ0) is 19.8. The van der Waals surface area contributed by atoms with Crippen molar-refractivity contribution in [3.63, 3.8) is 0 Å². The number of benzene rings is 1. The Balaban J connectivity index is 1.88. The molecular weight excluding hydrogens is 352 g/mol. The number of ketones is 1. The minimum atomic E-state index is -0.510. The molecule has 0 fully saturated rings. The number of aromatic nitrogens is 1. The normalized spacial score (nSPS) is 9.96. The van der Waals surface area contributed by atoms with Crippen LogP contribution in [0.2, 0.25) is 0 Å². The summed E-state index contributed by atoms with van der Waals surface area (Å²) in [6, 6.07) is 9.07. The van der Waals surface area contributed by atoms with Gasteiger partial charge in [-0.3, -0.25) is 20.0 Å². The number of carbonyl (C=O) groups is 3. The molecule has 1 aromatic carbocycles. The first-order valence-electron chi connectivity index (χ1n) is 7.82. The van der Waals surface area contributed by atoms with Gasteiger partial charge >= 0.3 is 5.97 Å². The summed E-state index contributed by atoms with van der Waals surface area (Å²) in [5, 5.41) is 9.76. The van der Waals surface area contributed by atoms with Gasteiger partial charge in [-0.05, 0) is 36.4 Å². The highest BCUT2D eigenvalue weighted by molar-refractivity contribution is 6.02. The molecule has 2 aromatic rings. The highest BCUT2D eigenvalue weighted by Gasteiger charge is 2.11. The number of nitrogens with zero attached hydrogens (tertiary/aromatic N) is 1. The van der Waals surface area contributed by atoms with Crippen molar-refractivity contribution >= 4 is 23.5 Å². The standard InChI is InChI=1S/C18H18N4O5/c1-26-16(24)10-27-13-5-2-11(3-6-13)15(23)9-22-18(25)12-4-7-14(17(19)20)21-8-12/h2-8H,9-10H2,1H3,(H3,19,20)(H,22,25). The molecule has 9 heteroatoms. The maximum absolute atomic E-state index is 12.2. The van der Waals surface area contributed by atoms with E-state index in [-0.39, 0.29) is 36.0 Å². The summed E-state index contributed by atoms with van der Waals surface area (Å²) in [5.41, 5.74) is 6.19. The van der Waals surface area contributed by atoms with E-state index < -0.39 is 11.9 Å². The Morgan fingerprint density at radius 2 is 1.78 bits per heavy atom. The first-order chi connectivity index (χ1) is 12.9. The molecule has 4 N–H and O–H groups in total. The zero-order valence-corrected chi connectivity index (χ0v) is 14.5. The molecule has 1 aromatic heterocycles. The number of pyridine rings is 1. The van der Waals surface area contributed by atoms with Crippen LogP contribution in [-0.4, -0.2) is 48.7 Å². The Morgan fingerprint density at radius 1 is 1.11 bits per heavy atom. The van der Waals surface area contributed by atoms with Crippen molar-refractivity contribution in [1.29, 1.82) is 5.41 Å². The average molecular weight is 370 g/mol. The van der Waals surface area contributed by atoms with Crippen LogP contribution in [0.1, 0.15) is 26.4 Å². The SMILES string of the molecule is COC(=O)COc1ccc(C(=O)CNC(=O)c2ccc(C(=N)N)nc2)cc1. The molecular formula is C18H18N4O5. The van der Waals surface area contributed by atoms with Crippen molar-refractivity contribution in [2.75, 3.05) is 20.3 Å². The predicted molar refractivity (Wildman–Crippen MR) is 95.9 cm³/mol. The van der Waals surface area contributed by atoms with Gasteiger partial charge in [-0.1, -0.05) is 0 Å². The van der Waals surface area contributed by atoms with Crippen LogP contribution in [0, 0.1) is 5.41 Å². The molecule has 0 saturated carbocycles. The number of hydrogen-bond acceptors (Lipinski definition) is 7. The van der Waals surface area contributed by atoms with E-state index in [1.807, 2.05) is 0 Å². The molecule has 0 atom stereocenters. The Hall–Kier alpha value is -3.75. The average Bonchev–Trinajstić information content (AvgIpc) is 2.70. The summed E-state index contributed by atoms with van der Waals surface area (Å²) in [5.74, 6) is -1.06. The molecule has 0 radical (unpaired) electrons. The van der Waals surface area contributed by atoms with E-state index in [4.69, 9.17) is 15.9 Å². The highest BCUT2D eigenvalue weighted by Crippen LogP contribution is 2.12. The second-order valence-corrected chi connectivity index (χ2v) is 5.34. The number of hydrogen-bond donors (Lipinski definition) is 3. The fourth-order valence-electron chi connectivity index (χ4n) is 1.99. The van der Waals surface area contributed by atoms with Crippen LogP contribution in [0.5, 0.6) is 5.75 Å². The van der Waals surface area contributed by atoms with Crippen LogP contribution in [0.4, 0.5) is 0 Å². The number of methoxy groups -OCH3 is 1. The molecule has 1 heterocycles. The van der Waals surface area contributed by atoms with Crippen LogP contribution in [0.15, 0.2) is 42.6 Å². The van der Waals surface area contributed by atoms with E-state index in [0.717, 1.165) is 0 Å². The van der Waals surface area contributed by atoms with Gasteiger partial charge in [0.15, 0.2) is 12.4 Å². The maximum Gasteiger partial charge on any atom is 0.343 e. The van der Waals surface area contributed by atoms with Crippen molar-refractivity contribution in [2.45, 2.75) is 0 Å². The van der Waals surface area contributed by atoms with E-state index in [2.05, 4.69) is 15.0 Å². The summed E-state index contributed by atoms with van der Waals surface area (Å²) < 4.78 is 9.65.